The molecule has 0 aromatic carbocycles. The largest absolute Gasteiger partial charge is 0.462 e. The van der Waals surface area contributed by atoms with Crippen LogP contribution >= 0.6 is 23.1 Å². The standard InChI is InChI=1S/C18H23N5O3S2/c1-2-26-17(25)15-10-5-3-4-6-11(10)28-16(15)23-14(24)7-8-27-18-21-12(19)9-13(20)22-18/h9H,2-8H2,1H3,(H,23,24)(H4,19,20,21,22). The summed E-state index contributed by atoms with van der Waals surface area (Å²) in [6, 6.07) is 1.48. The number of carbonyl (C=O) groups is 2. The zero-order valence-electron chi connectivity index (χ0n) is 15.6. The summed E-state index contributed by atoms with van der Waals surface area (Å²) in [4.78, 5) is 34.2. The van der Waals surface area contributed by atoms with Crippen LogP contribution in [0.15, 0.2) is 11.2 Å². The molecule has 2 aromatic rings. The molecule has 0 radical (unpaired) electrons. The number of nitrogens with one attached hydrogen (secondary N) is 1. The fraction of sp³-hybridized carbons (Fsp3) is 0.444. The molecular formula is C18H23N5O3S2. The average molecular weight is 422 g/mol. The van der Waals surface area contributed by atoms with Crippen molar-refractivity contribution in [3.8, 4) is 0 Å². The van der Waals surface area contributed by atoms with Crippen molar-refractivity contribution in [3.63, 3.8) is 0 Å². The van der Waals surface area contributed by atoms with Gasteiger partial charge in [0, 0.05) is 23.1 Å². The van der Waals surface area contributed by atoms with Crippen LogP contribution in [0.3, 0.4) is 0 Å². The molecular weight excluding hydrogens is 398 g/mol. The third-order valence-corrected chi connectivity index (χ3v) is 6.27. The molecule has 1 aliphatic carbocycles. The quantitative estimate of drug-likeness (QED) is 0.353. The molecule has 0 spiro atoms. The molecule has 1 amide bonds. The number of aryl methyl sites for hydroxylation is 1. The maximum atomic E-state index is 12.4. The highest BCUT2D eigenvalue weighted by atomic mass is 32.2. The number of rotatable bonds is 7. The minimum absolute atomic E-state index is 0.173. The van der Waals surface area contributed by atoms with Gasteiger partial charge in [0.25, 0.3) is 0 Å². The third-order valence-electron chi connectivity index (χ3n) is 4.21. The predicted octanol–water partition coefficient (Wildman–Crippen LogP) is 2.88. The van der Waals surface area contributed by atoms with Gasteiger partial charge in [-0.25, -0.2) is 14.8 Å². The van der Waals surface area contributed by atoms with E-state index < -0.39 is 0 Å². The minimum Gasteiger partial charge on any atom is -0.462 e. The number of amides is 1. The van der Waals surface area contributed by atoms with Gasteiger partial charge in [0.15, 0.2) is 5.16 Å². The Hall–Kier alpha value is -2.33. The second kappa shape index (κ2) is 9.24. The maximum absolute atomic E-state index is 12.4. The SMILES string of the molecule is CCOC(=O)c1c(NC(=O)CCSc2nc(N)cc(N)n2)sc2c1CCCC2. The Morgan fingerprint density at radius 2 is 1.96 bits per heavy atom. The Kier molecular flexibility index (Phi) is 6.74. The molecule has 2 heterocycles. The molecule has 0 unspecified atom stereocenters. The number of thioether (sulfide) groups is 1. The van der Waals surface area contributed by atoms with Crippen molar-refractivity contribution in [3.05, 3.63) is 22.1 Å². The maximum Gasteiger partial charge on any atom is 0.341 e. The molecule has 8 nitrogen and oxygen atoms in total. The summed E-state index contributed by atoms with van der Waals surface area (Å²) in [5, 5.41) is 3.91. The van der Waals surface area contributed by atoms with Crippen LogP contribution in [-0.2, 0) is 22.4 Å². The summed E-state index contributed by atoms with van der Waals surface area (Å²) in [6.45, 7) is 2.08. The molecule has 2 aromatic heterocycles. The van der Waals surface area contributed by atoms with E-state index in [4.69, 9.17) is 16.2 Å². The van der Waals surface area contributed by atoms with E-state index in [2.05, 4.69) is 15.3 Å². The Morgan fingerprint density at radius 3 is 2.68 bits per heavy atom. The summed E-state index contributed by atoms with van der Waals surface area (Å²) in [7, 11) is 0. The molecule has 150 valence electrons. The number of nitrogen functional groups attached to an aromatic ring is 2. The summed E-state index contributed by atoms with van der Waals surface area (Å²) >= 11 is 2.78. The van der Waals surface area contributed by atoms with Gasteiger partial charge in [0.05, 0.1) is 12.2 Å². The van der Waals surface area contributed by atoms with Crippen molar-refractivity contribution in [2.24, 2.45) is 0 Å². The number of fused-ring (bicyclic) bond motifs is 1. The van der Waals surface area contributed by atoms with Crippen LogP contribution in [0.5, 0.6) is 0 Å². The number of esters is 1. The fourth-order valence-electron chi connectivity index (χ4n) is 3.02. The minimum atomic E-state index is -0.366. The predicted molar refractivity (Wildman–Crippen MR) is 112 cm³/mol. The number of nitrogens with zero attached hydrogens (tertiary/aromatic N) is 2. The van der Waals surface area contributed by atoms with Gasteiger partial charge in [-0.1, -0.05) is 11.8 Å². The Bertz CT molecular complexity index is 864. The molecule has 0 fully saturated rings. The van der Waals surface area contributed by atoms with Crippen LogP contribution in [0.1, 0.15) is 47.0 Å². The Balaban J connectivity index is 1.64. The zero-order valence-corrected chi connectivity index (χ0v) is 17.3. The van der Waals surface area contributed by atoms with E-state index in [1.165, 1.54) is 34.0 Å². The van der Waals surface area contributed by atoms with Gasteiger partial charge < -0.3 is 21.5 Å². The van der Waals surface area contributed by atoms with Crippen LogP contribution < -0.4 is 16.8 Å². The van der Waals surface area contributed by atoms with Gasteiger partial charge in [-0.05, 0) is 38.2 Å². The van der Waals surface area contributed by atoms with E-state index in [-0.39, 0.29) is 18.3 Å². The normalized spacial score (nSPS) is 13.0. The van der Waals surface area contributed by atoms with Gasteiger partial charge in [-0.15, -0.1) is 11.3 Å². The van der Waals surface area contributed by atoms with Crippen molar-refractivity contribution < 1.29 is 14.3 Å². The number of aromatic nitrogens is 2. The first-order valence-electron chi connectivity index (χ1n) is 9.12. The van der Waals surface area contributed by atoms with E-state index in [9.17, 15) is 9.59 Å². The molecule has 3 rings (SSSR count). The highest BCUT2D eigenvalue weighted by Crippen LogP contribution is 2.38. The van der Waals surface area contributed by atoms with E-state index >= 15 is 0 Å². The molecule has 5 N–H and O–H groups in total. The molecule has 0 saturated carbocycles. The molecule has 0 atom stereocenters. The van der Waals surface area contributed by atoms with E-state index in [0.29, 0.717) is 39.7 Å². The van der Waals surface area contributed by atoms with Crippen molar-refractivity contribution >= 4 is 51.6 Å². The van der Waals surface area contributed by atoms with Gasteiger partial charge in [-0.3, -0.25) is 4.79 Å². The monoisotopic (exact) mass is 421 g/mol. The number of carbonyl (C=O) groups excluding carboxylic acids is 2. The summed E-state index contributed by atoms with van der Waals surface area (Å²) < 4.78 is 5.21. The van der Waals surface area contributed by atoms with Crippen LogP contribution in [0, 0.1) is 0 Å². The fourth-order valence-corrected chi connectivity index (χ4v) is 5.13. The van der Waals surface area contributed by atoms with E-state index in [1.54, 1.807) is 6.92 Å². The van der Waals surface area contributed by atoms with Gasteiger partial charge in [0.1, 0.15) is 16.6 Å². The molecule has 0 saturated heterocycles. The second-order valence-corrected chi connectivity index (χ2v) is 8.45. The summed E-state index contributed by atoms with van der Waals surface area (Å²) in [5.74, 6) is 0.517. The lowest BCUT2D eigenvalue weighted by molar-refractivity contribution is -0.115. The lowest BCUT2D eigenvalue weighted by Gasteiger charge is -2.12. The second-order valence-electron chi connectivity index (χ2n) is 6.28. The first kappa shape index (κ1) is 20.4. The van der Waals surface area contributed by atoms with Gasteiger partial charge in [-0.2, -0.15) is 0 Å². The summed E-state index contributed by atoms with van der Waals surface area (Å²) in [5.41, 5.74) is 12.8. The highest BCUT2D eigenvalue weighted by Gasteiger charge is 2.27. The number of hydrogen-bond donors (Lipinski definition) is 3. The number of nitrogens with two attached hydrogens (primary N) is 2. The molecule has 0 aliphatic heterocycles. The van der Waals surface area contributed by atoms with Crippen molar-refractivity contribution in [1.29, 1.82) is 0 Å². The van der Waals surface area contributed by atoms with E-state index in [1.807, 2.05) is 0 Å². The van der Waals surface area contributed by atoms with Crippen LogP contribution in [0.2, 0.25) is 0 Å². The number of hydrogen-bond acceptors (Lipinski definition) is 9. The Labute approximate surface area is 171 Å². The molecule has 0 bridgehead atoms. The van der Waals surface area contributed by atoms with Gasteiger partial charge >= 0.3 is 5.97 Å². The van der Waals surface area contributed by atoms with Crippen molar-refractivity contribution in [2.45, 2.75) is 44.2 Å². The van der Waals surface area contributed by atoms with Crippen molar-refractivity contribution in [2.75, 3.05) is 29.1 Å². The first-order valence-corrected chi connectivity index (χ1v) is 10.9. The smallest absolute Gasteiger partial charge is 0.341 e. The van der Waals surface area contributed by atoms with Crippen LogP contribution in [0.4, 0.5) is 16.6 Å². The van der Waals surface area contributed by atoms with E-state index in [0.717, 1.165) is 31.2 Å². The van der Waals surface area contributed by atoms with Crippen LogP contribution in [0.25, 0.3) is 0 Å². The highest BCUT2D eigenvalue weighted by molar-refractivity contribution is 7.99. The first-order chi connectivity index (χ1) is 13.5. The molecule has 1 aliphatic rings. The topological polar surface area (TPSA) is 133 Å². The van der Waals surface area contributed by atoms with Crippen molar-refractivity contribution in [1.82, 2.24) is 9.97 Å². The molecule has 28 heavy (non-hydrogen) atoms. The zero-order chi connectivity index (χ0) is 20.1. The van der Waals surface area contributed by atoms with Gasteiger partial charge in [0.2, 0.25) is 5.91 Å². The third kappa shape index (κ3) is 4.93. The summed E-state index contributed by atoms with van der Waals surface area (Å²) in [6.07, 6.45) is 4.17. The van der Waals surface area contributed by atoms with Crippen LogP contribution in [-0.4, -0.2) is 34.2 Å². The lowest BCUT2D eigenvalue weighted by Crippen LogP contribution is -2.16. The number of anilines is 3. The number of thiophene rings is 1. The Morgan fingerprint density at radius 1 is 1.25 bits per heavy atom. The lowest BCUT2D eigenvalue weighted by atomic mass is 9.95. The average Bonchev–Trinajstić information content (AvgIpc) is 2.98. The molecule has 10 heteroatoms. The number of ether oxygens (including phenoxy) is 1.